The van der Waals surface area contributed by atoms with Crippen LogP contribution in [0.4, 0.5) is 11.4 Å². The van der Waals surface area contributed by atoms with Crippen molar-refractivity contribution in [1.82, 2.24) is 9.71 Å². The quantitative estimate of drug-likeness (QED) is 0.317. The molecule has 1 heterocycles. The Morgan fingerprint density at radius 1 is 1.04 bits per heavy atom. The van der Waals surface area contributed by atoms with Gasteiger partial charge < -0.3 is 10.5 Å². The Labute approximate surface area is 158 Å². The van der Waals surface area contributed by atoms with Gasteiger partial charge >= 0.3 is 0 Å². The molecule has 1 amide bonds. The van der Waals surface area contributed by atoms with Crippen LogP contribution in [-0.2, 0) is 0 Å². The summed E-state index contributed by atoms with van der Waals surface area (Å²) < 4.78 is 0.819. The molecule has 138 valence electrons. The highest BCUT2D eigenvalue weighted by atomic mass is 16.6. The van der Waals surface area contributed by atoms with Crippen LogP contribution in [0.5, 0.6) is 0 Å². The minimum atomic E-state index is -0.531. The number of fused-ring (bicyclic) bond motifs is 1. The van der Waals surface area contributed by atoms with Crippen LogP contribution in [0, 0.1) is 10.1 Å². The van der Waals surface area contributed by atoms with Crippen molar-refractivity contribution in [3.05, 3.63) is 88.5 Å². The van der Waals surface area contributed by atoms with E-state index in [-0.39, 0.29) is 22.9 Å². The summed E-state index contributed by atoms with van der Waals surface area (Å²) in [4.78, 5) is 26.9. The molecule has 0 fully saturated rings. The van der Waals surface area contributed by atoms with E-state index in [1.807, 2.05) is 6.07 Å². The predicted molar refractivity (Wildman–Crippen MR) is 103 cm³/mol. The zero-order valence-electron chi connectivity index (χ0n) is 14.4. The standard InChI is InChI=1S/C20H14N4O4/c25-20(14-4-2-1-3-5-14)21-15-8-6-13(7-9-15)19-22-17-11-10-16(24(27)28)12-18(17)23(19)26/h1-12,26H,(H,21,25). The maximum Gasteiger partial charge on any atom is 0.271 e. The van der Waals surface area contributed by atoms with E-state index in [1.165, 1.54) is 18.2 Å². The van der Waals surface area contributed by atoms with Gasteiger partial charge in [0.25, 0.3) is 11.6 Å². The second kappa shape index (κ2) is 6.84. The van der Waals surface area contributed by atoms with Crippen molar-refractivity contribution in [1.29, 1.82) is 0 Å². The highest BCUT2D eigenvalue weighted by molar-refractivity contribution is 6.04. The van der Waals surface area contributed by atoms with Crippen LogP contribution in [0.2, 0.25) is 0 Å². The van der Waals surface area contributed by atoms with Crippen molar-refractivity contribution in [3.63, 3.8) is 0 Å². The number of nitro groups is 1. The summed E-state index contributed by atoms with van der Waals surface area (Å²) in [6.07, 6.45) is 0. The molecule has 8 nitrogen and oxygen atoms in total. The number of nitrogens with zero attached hydrogens (tertiary/aromatic N) is 3. The number of benzene rings is 3. The first-order chi connectivity index (χ1) is 13.5. The lowest BCUT2D eigenvalue weighted by Crippen LogP contribution is -2.11. The van der Waals surface area contributed by atoms with Crippen molar-refractivity contribution in [2.24, 2.45) is 0 Å². The molecule has 0 aliphatic rings. The average molecular weight is 374 g/mol. The third kappa shape index (κ3) is 3.14. The maximum absolute atomic E-state index is 12.2. The number of anilines is 1. The molecule has 28 heavy (non-hydrogen) atoms. The number of nitrogens with one attached hydrogen (secondary N) is 1. The molecule has 0 atom stereocenters. The van der Waals surface area contributed by atoms with E-state index in [1.54, 1.807) is 48.5 Å². The summed E-state index contributed by atoms with van der Waals surface area (Å²) in [5, 5.41) is 24.1. The fraction of sp³-hybridized carbons (Fsp3) is 0. The number of hydrogen-bond donors (Lipinski definition) is 2. The molecule has 8 heteroatoms. The molecule has 0 aliphatic carbocycles. The summed E-state index contributed by atoms with van der Waals surface area (Å²) in [7, 11) is 0. The zero-order valence-corrected chi connectivity index (χ0v) is 14.4. The highest BCUT2D eigenvalue weighted by Gasteiger charge is 2.16. The Morgan fingerprint density at radius 2 is 1.75 bits per heavy atom. The lowest BCUT2D eigenvalue weighted by molar-refractivity contribution is -0.384. The minimum Gasteiger partial charge on any atom is -0.426 e. The Bertz CT molecular complexity index is 1180. The topological polar surface area (TPSA) is 110 Å². The number of imidazole rings is 1. The van der Waals surface area contributed by atoms with E-state index in [4.69, 9.17) is 0 Å². The Kier molecular flexibility index (Phi) is 4.21. The number of aromatic nitrogens is 2. The highest BCUT2D eigenvalue weighted by Crippen LogP contribution is 2.27. The van der Waals surface area contributed by atoms with Crippen molar-refractivity contribution in [3.8, 4) is 11.4 Å². The van der Waals surface area contributed by atoms with Crippen molar-refractivity contribution < 1.29 is 14.9 Å². The van der Waals surface area contributed by atoms with Gasteiger partial charge in [0, 0.05) is 28.9 Å². The van der Waals surface area contributed by atoms with Gasteiger partial charge in [0.1, 0.15) is 5.52 Å². The van der Waals surface area contributed by atoms with Gasteiger partial charge in [0.15, 0.2) is 5.82 Å². The lowest BCUT2D eigenvalue weighted by Gasteiger charge is -2.06. The predicted octanol–water partition coefficient (Wildman–Crippen LogP) is 4.10. The number of carbonyl (C=O) groups is 1. The summed E-state index contributed by atoms with van der Waals surface area (Å²) >= 11 is 0. The largest absolute Gasteiger partial charge is 0.426 e. The van der Waals surface area contributed by atoms with Gasteiger partial charge in [0.2, 0.25) is 0 Å². The van der Waals surface area contributed by atoms with Gasteiger partial charge in [-0.25, -0.2) is 4.98 Å². The van der Waals surface area contributed by atoms with E-state index < -0.39 is 4.92 Å². The molecule has 4 aromatic rings. The maximum atomic E-state index is 12.2. The van der Waals surface area contributed by atoms with E-state index >= 15 is 0 Å². The van der Waals surface area contributed by atoms with Crippen LogP contribution in [0.1, 0.15) is 10.4 Å². The third-order valence-corrected chi connectivity index (χ3v) is 4.26. The lowest BCUT2D eigenvalue weighted by atomic mass is 10.1. The van der Waals surface area contributed by atoms with Gasteiger partial charge in [-0.15, -0.1) is 0 Å². The van der Waals surface area contributed by atoms with Gasteiger partial charge in [-0.05, 0) is 42.5 Å². The summed E-state index contributed by atoms with van der Waals surface area (Å²) in [6, 6.07) is 19.7. The number of carbonyl (C=O) groups excluding carboxylic acids is 1. The molecule has 0 radical (unpaired) electrons. The first-order valence-electron chi connectivity index (χ1n) is 8.36. The Hall–Kier alpha value is -4.20. The number of rotatable bonds is 4. The van der Waals surface area contributed by atoms with Crippen LogP contribution < -0.4 is 5.32 Å². The molecule has 0 saturated heterocycles. The zero-order chi connectivity index (χ0) is 19.7. The van der Waals surface area contributed by atoms with Crippen LogP contribution in [0.3, 0.4) is 0 Å². The van der Waals surface area contributed by atoms with Crippen molar-refractivity contribution >= 4 is 28.3 Å². The van der Waals surface area contributed by atoms with E-state index in [2.05, 4.69) is 10.3 Å². The van der Waals surface area contributed by atoms with Crippen molar-refractivity contribution in [2.75, 3.05) is 5.32 Å². The summed E-state index contributed by atoms with van der Waals surface area (Å²) in [6.45, 7) is 0. The van der Waals surface area contributed by atoms with E-state index in [0.29, 0.717) is 22.3 Å². The van der Waals surface area contributed by atoms with Gasteiger partial charge in [0.05, 0.1) is 10.4 Å². The first-order valence-corrected chi connectivity index (χ1v) is 8.36. The molecular weight excluding hydrogens is 360 g/mol. The third-order valence-electron chi connectivity index (χ3n) is 4.26. The van der Waals surface area contributed by atoms with Crippen LogP contribution >= 0.6 is 0 Å². The van der Waals surface area contributed by atoms with Gasteiger partial charge in [-0.3, -0.25) is 14.9 Å². The van der Waals surface area contributed by atoms with Crippen LogP contribution in [-0.4, -0.2) is 25.8 Å². The number of amides is 1. The van der Waals surface area contributed by atoms with E-state index in [9.17, 15) is 20.1 Å². The number of nitro benzene ring substituents is 1. The number of hydrogen-bond acceptors (Lipinski definition) is 5. The Balaban J connectivity index is 1.61. The minimum absolute atomic E-state index is 0.131. The molecule has 0 aliphatic heterocycles. The van der Waals surface area contributed by atoms with Gasteiger partial charge in [-0.2, -0.15) is 4.73 Å². The van der Waals surface area contributed by atoms with Crippen molar-refractivity contribution in [2.45, 2.75) is 0 Å². The summed E-state index contributed by atoms with van der Waals surface area (Å²) in [5.41, 5.74) is 2.28. The first kappa shape index (κ1) is 17.2. The average Bonchev–Trinajstić information content (AvgIpc) is 3.05. The fourth-order valence-corrected chi connectivity index (χ4v) is 2.85. The normalized spacial score (nSPS) is 10.7. The summed E-state index contributed by atoms with van der Waals surface area (Å²) in [5.74, 6) is 0.0199. The second-order valence-electron chi connectivity index (χ2n) is 6.07. The molecule has 0 spiro atoms. The van der Waals surface area contributed by atoms with E-state index in [0.717, 1.165) is 4.73 Å². The molecule has 3 aromatic carbocycles. The molecule has 2 N–H and O–H groups in total. The monoisotopic (exact) mass is 374 g/mol. The van der Waals surface area contributed by atoms with Crippen LogP contribution in [0.15, 0.2) is 72.8 Å². The number of non-ortho nitro benzene ring substituents is 1. The molecule has 4 rings (SSSR count). The smallest absolute Gasteiger partial charge is 0.271 e. The molecule has 0 unspecified atom stereocenters. The SMILES string of the molecule is O=C(Nc1ccc(-c2nc3ccc([N+](=O)[O-])cc3n2O)cc1)c1ccccc1. The van der Waals surface area contributed by atoms with Gasteiger partial charge in [-0.1, -0.05) is 18.2 Å². The second-order valence-corrected chi connectivity index (χ2v) is 6.07. The molecule has 1 aromatic heterocycles. The fourth-order valence-electron chi connectivity index (χ4n) is 2.85. The Morgan fingerprint density at radius 3 is 2.43 bits per heavy atom. The molecule has 0 bridgehead atoms. The van der Waals surface area contributed by atoms with Crippen LogP contribution in [0.25, 0.3) is 22.4 Å². The molecular formula is C20H14N4O4. The molecule has 0 saturated carbocycles.